The molecule has 274 valence electrons. The Bertz CT molecular complexity index is 1720. The van der Waals surface area contributed by atoms with Crippen molar-refractivity contribution in [3.05, 3.63) is 65.5 Å². The van der Waals surface area contributed by atoms with Crippen molar-refractivity contribution in [1.82, 2.24) is 9.97 Å². The van der Waals surface area contributed by atoms with Gasteiger partial charge >= 0.3 is 14.0 Å². The Balaban J connectivity index is 1.71. The molecule has 3 aromatic rings. The Labute approximate surface area is 289 Å². The van der Waals surface area contributed by atoms with Crippen LogP contribution in [0.3, 0.4) is 0 Å². The number of aromatic nitrogens is 2. The van der Waals surface area contributed by atoms with E-state index in [1.54, 1.807) is 65.8 Å². The molecule has 16 heteroatoms. The first-order valence-corrected chi connectivity index (χ1v) is 17.4. The van der Waals surface area contributed by atoms with Crippen LogP contribution in [0.1, 0.15) is 63.2 Å². The molecule has 1 saturated heterocycles. The fraction of sp³-hybridized carbons (Fsp3) is 0.500. The van der Waals surface area contributed by atoms with Crippen LogP contribution >= 0.6 is 7.82 Å². The Morgan fingerprint density at radius 3 is 2.24 bits per heavy atom. The molecular formula is C34H44F3N4O8P. The van der Waals surface area contributed by atoms with Crippen molar-refractivity contribution in [3.8, 4) is 17.0 Å². The largest absolute Gasteiger partial charge is 0.475 e. The van der Waals surface area contributed by atoms with E-state index in [0.29, 0.717) is 55.0 Å². The van der Waals surface area contributed by atoms with E-state index in [1.807, 2.05) is 17.9 Å². The van der Waals surface area contributed by atoms with Crippen LogP contribution in [0.15, 0.2) is 48.7 Å². The van der Waals surface area contributed by atoms with E-state index in [1.165, 1.54) is 0 Å². The molecule has 2 aromatic heterocycles. The van der Waals surface area contributed by atoms with Crippen LogP contribution in [0.2, 0.25) is 0 Å². The number of ether oxygens (including phenoxy) is 2. The van der Waals surface area contributed by atoms with Gasteiger partial charge in [-0.15, -0.1) is 0 Å². The Kier molecular flexibility index (Phi) is 11.4. The van der Waals surface area contributed by atoms with Gasteiger partial charge in [0.05, 0.1) is 18.8 Å². The number of nitrogens with zero attached hydrogens (tertiary/aromatic N) is 3. The molecule has 12 nitrogen and oxygen atoms in total. The van der Waals surface area contributed by atoms with E-state index in [4.69, 9.17) is 14.0 Å². The lowest BCUT2D eigenvalue weighted by atomic mass is 9.60. The minimum atomic E-state index is -5.09. The van der Waals surface area contributed by atoms with Crippen molar-refractivity contribution in [2.45, 2.75) is 66.3 Å². The third kappa shape index (κ3) is 9.00. The van der Waals surface area contributed by atoms with Crippen molar-refractivity contribution in [3.63, 3.8) is 0 Å². The summed E-state index contributed by atoms with van der Waals surface area (Å²) < 4.78 is 68.9. The van der Waals surface area contributed by atoms with E-state index >= 15 is 0 Å². The fourth-order valence-electron chi connectivity index (χ4n) is 6.54. The Hall–Kier alpha value is -3.59. The number of hydrogen-bond donors (Lipinski definition) is 4. The van der Waals surface area contributed by atoms with Crippen LogP contribution in [0, 0.1) is 17.8 Å². The van der Waals surface area contributed by atoms with Gasteiger partial charge in [0.2, 0.25) is 5.88 Å². The number of benzene rings is 1. The zero-order valence-electron chi connectivity index (χ0n) is 29.0. The topological polar surface area (TPSA) is 164 Å². The number of halogens is 3. The predicted octanol–water partition coefficient (Wildman–Crippen LogP) is 6.24. The van der Waals surface area contributed by atoms with Gasteiger partial charge in [-0.3, -0.25) is 14.3 Å². The summed E-state index contributed by atoms with van der Waals surface area (Å²) in [5.74, 6) is -0.203. The van der Waals surface area contributed by atoms with Crippen molar-refractivity contribution in [2.24, 2.45) is 10.8 Å². The van der Waals surface area contributed by atoms with E-state index in [2.05, 4.69) is 15.3 Å². The van der Waals surface area contributed by atoms with Gasteiger partial charge in [0.25, 0.3) is 5.91 Å². The highest BCUT2D eigenvalue weighted by atomic mass is 31.2. The molecule has 0 spiro atoms. The average Bonchev–Trinajstić information content (AvgIpc) is 3.01. The molecule has 1 aliphatic heterocycles. The number of aryl methyl sites for hydroxylation is 1. The summed E-state index contributed by atoms with van der Waals surface area (Å²) in [5, 5.41) is 14.2. The van der Waals surface area contributed by atoms with Gasteiger partial charge < -0.3 is 34.6 Å². The first-order valence-electron chi connectivity index (χ1n) is 15.9. The highest BCUT2D eigenvalue weighted by molar-refractivity contribution is 7.46. The number of morpholine rings is 1. The van der Waals surface area contributed by atoms with Crippen molar-refractivity contribution < 1.29 is 51.4 Å². The quantitative estimate of drug-likeness (QED) is 0.175. The highest BCUT2D eigenvalue weighted by Gasteiger charge is 2.60. The lowest BCUT2D eigenvalue weighted by molar-refractivity contribution is -0.199. The zero-order chi connectivity index (χ0) is 37.3. The maximum atomic E-state index is 13.2. The molecular weight excluding hydrogens is 680 g/mol. The Morgan fingerprint density at radius 2 is 1.66 bits per heavy atom. The first-order chi connectivity index (χ1) is 23.0. The standard InChI is InChI=1S/C34H44F3N4O8P/c1-21-8-9-24(39-30(43)26-18-23(10-11-38-26)34(35,36)37)19-25(21)22-16-28(41-12-14-47-15-13-41)40-29(17-22)48-20-27(42)33(31(2,3)4,32(5,6)7)49-50(44,45)46/h8-11,16-19,27,42H,12-15,20H2,1-7H3,(H,39,43)(H2,44,45,46)/t27-/m1/s1. The Morgan fingerprint density at radius 1 is 1.02 bits per heavy atom. The number of anilines is 2. The molecule has 1 amide bonds. The fourth-order valence-corrected chi connectivity index (χ4v) is 7.59. The molecule has 1 atom stereocenters. The number of phosphoric acid groups is 1. The van der Waals surface area contributed by atoms with Gasteiger partial charge in [-0.25, -0.2) is 4.57 Å². The van der Waals surface area contributed by atoms with Crippen LogP contribution in [0.25, 0.3) is 11.1 Å². The normalized spacial score (nSPS) is 15.5. The number of phosphoric ester groups is 1. The number of rotatable bonds is 10. The lowest BCUT2D eigenvalue weighted by Gasteiger charge is -2.54. The van der Waals surface area contributed by atoms with Gasteiger partial charge in [-0.2, -0.15) is 18.2 Å². The molecule has 1 aromatic carbocycles. The summed E-state index contributed by atoms with van der Waals surface area (Å²) in [6, 6.07) is 9.92. The number of aliphatic hydroxyl groups is 1. The van der Waals surface area contributed by atoms with Gasteiger partial charge in [0.1, 0.15) is 29.8 Å². The number of alkyl halides is 3. The number of aliphatic hydroxyl groups excluding tert-OH is 1. The van der Waals surface area contributed by atoms with E-state index in [-0.39, 0.29) is 5.88 Å². The minimum Gasteiger partial charge on any atom is -0.475 e. The molecule has 0 bridgehead atoms. The molecule has 1 fully saturated rings. The summed E-state index contributed by atoms with van der Waals surface area (Å²) in [6.07, 6.45) is -5.25. The SMILES string of the molecule is Cc1ccc(NC(=O)c2cc(C(F)(F)F)ccn2)cc1-c1cc(OC[C@@H](O)C(OP(=O)(O)O)(C(C)(C)C)C(C)(C)C)nc(N2CCOCC2)c1. The van der Waals surface area contributed by atoms with Crippen LogP contribution in [-0.4, -0.2) is 75.4 Å². The third-order valence-corrected chi connectivity index (χ3v) is 9.13. The van der Waals surface area contributed by atoms with Crippen molar-refractivity contribution >= 4 is 25.2 Å². The molecule has 1 aliphatic rings. The summed E-state index contributed by atoms with van der Waals surface area (Å²) in [5.41, 5.74) is -2.79. The molecule has 50 heavy (non-hydrogen) atoms. The maximum absolute atomic E-state index is 13.2. The van der Waals surface area contributed by atoms with Crippen molar-refractivity contribution in [2.75, 3.05) is 43.1 Å². The van der Waals surface area contributed by atoms with Crippen LogP contribution in [0.4, 0.5) is 24.7 Å². The molecule has 4 rings (SSSR count). The van der Waals surface area contributed by atoms with Gasteiger partial charge in [-0.1, -0.05) is 47.6 Å². The maximum Gasteiger partial charge on any atom is 0.470 e. The first kappa shape index (κ1) is 39.2. The minimum absolute atomic E-state index is 0.0953. The summed E-state index contributed by atoms with van der Waals surface area (Å²) in [4.78, 5) is 43.2. The third-order valence-electron chi connectivity index (χ3n) is 8.60. The van der Waals surface area contributed by atoms with Crippen LogP contribution < -0.4 is 15.0 Å². The van der Waals surface area contributed by atoms with E-state index in [9.17, 15) is 37.4 Å². The summed E-state index contributed by atoms with van der Waals surface area (Å²) >= 11 is 0. The van der Waals surface area contributed by atoms with Crippen molar-refractivity contribution in [1.29, 1.82) is 0 Å². The van der Waals surface area contributed by atoms with Gasteiger partial charge in [0.15, 0.2) is 0 Å². The number of nitrogens with one attached hydrogen (secondary N) is 1. The molecule has 0 unspecified atom stereocenters. The molecule has 0 radical (unpaired) electrons. The van der Waals surface area contributed by atoms with Gasteiger partial charge in [0, 0.05) is 31.0 Å². The second-order valence-electron chi connectivity index (χ2n) is 14.2. The predicted molar refractivity (Wildman–Crippen MR) is 181 cm³/mol. The summed E-state index contributed by atoms with van der Waals surface area (Å²) in [7, 11) is -5.09. The zero-order valence-corrected chi connectivity index (χ0v) is 29.9. The number of carbonyl (C=O) groups excluding carboxylic acids is 1. The number of hydrogen-bond acceptors (Lipinski definition) is 9. The van der Waals surface area contributed by atoms with E-state index in [0.717, 1.165) is 17.8 Å². The second-order valence-corrected chi connectivity index (χ2v) is 15.4. The number of amides is 1. The summed E-state index contributed by atoms with van der Waals surface area (Å²) in [6.45, 7) is 13.7. The smallest absolute Gasteiger partial charge is 0.470 e. The van der Waals surface area contributed by atoms with E-state index < -0.39 is 60.3 Å². The lowest BCUT2D eigenvalue weighted by Crippen LogP contribution is -2.63. The van der Waals surface area contributed by atoms with Gasteiger partial charge in [-0.05, 0) is 64.8 Å². The number of pyridine rings is 2. The second kappa shape index (κ2) is 14.6. The molecule has 0 aliphatic carbocycles. The average molecular weight is 725 g/mol. The monoisotopic (exact) mass is 724 g/mol. The van der Waals surface area contributed by atoms with Crippen LogP contribution in [0.5, 0.6) is 5.88 Å². The number of carbonyl (C=O) groups is 1. The molecule has 4 N–H and O–H groups in total. The molecule has 3 heterocycles. The van der Waals surface area contributed by atoms with Crippen LogP contribution in [-0.2, 0) is 20.0 Å². The highest BCUT2D eigenvalue weighted by Crippen LogP contribution is 2.57. The molecule has 0 saturated carbocycles.